The number of unbranched alkanes of at least 4 members (excludes halogenated alkanes) is 1. The van der Waals surface area contributed by atoms with Crippen molar-refractivity contribution in [3.05, 3.63) is 0 Å². The molecule has 0 bridgehead atoms. The van der Waals surface area contributed by atoms with Gasteiger partial charge in [0, 0.05) is 6.61 Å². The summed E-state index contributed by atoms with van der Waals surface area (Å²) >= 11 is 0. The van der Waals surface area contributed by atoms with Gasteiger partial charge in [0.05, 0.1) is 8.41 Å². The molecule has 0 atom stereocenters. The van der Waals surface area contributed by atoms with E-state index in [2.05, 4.69) is 6.92 Å². The summed E-state index contributed by atoms with van der Waals surface area (Å²) in [6, 6.07) is 0. The Hall–Kier alpha value is -0.185. The van der Waals surface area contributed by atoms with Crippen LogP contribution >= 0.6 is 0 Å². The first kappa shape index (κ1) is 37.0. The van der Waals surface area contributed by atoms with Crippen LogP contribution in [0.25, 0.3) is 0 Å². The third kappa shape index (κ3) is 80.2. The lowest BCUT2D eigenvalue weighted by atomic mass is 10.4. The molecule has 0 aliphatic heterocycles. The van der Waals surface area contributed by atoms with Crippen molar-refractivity contribution in [2.75, 3.05) is 6.61 Å². The minimum Gasteiger partial charge on any atom is -0.396 e. The number of aliphatic hydroxyl groups is 1. The summed E-state index contributed by atoms with van der Waals surface area (Å²) in [6.07, 6.45) is 2.04. The minimum atomic E-state index is 0. The van der Waals surface area contributed by atoms with Crippen molar-refractivity contribution in [2.45, 2.75) is 19.8 Å². The van der Waals surface area contributed by atoms with Crippen molar-refractivity contribution in [1.29, 1.82) is 0 Å². The lowest BCUT2D eigenvalue weighted by molar-refractivity contribution is 0.287. The summed E-state index contributed by atoms with van der Waals surface area (Å²) in [6.45, 7) is 2.40. The number of rotatable bonds is 2. The zero-order valence-electron chi connectivity index (χ0n) is 4.79. The van der Waals surface area contributed by atoms with Gasteiger partial charge < -0.3 is 5.11 Å². The minimum absolute atomic E-state index is 0. The van der Waals surface area contributed by atoms with Crippen LogP contribution in [0.4, 0.5) is 14.1 Å². The average Bonchev–Trinajstić information content (AvgIpc) is 1.41. The molecule has 0 aromatic heterocycles. The molecule has 5 heteroatoms. The summed E-state index contributed by atoms with van der Waals surface area (Å²) in [5.74, 6) is 0. The second-order valence-electron chi connectivity index (χ2n) is 1.08. The number of hydrogen-bond acceptors (Lipinski definition) is 1. The smallest absolute Gasteiger partial charge is 0.0814 e. The van der Waals surface area contributed by atoms with Gasteiger partial charge in [0.1, 0.15) is 0 Å². The normalized spacial score (nSPS) is 4.67. The maximum atomic E-state index is 8.07. The molecular weight excluding hydrogens is 132 g/mol. The molecule has 0 aromatic carbocycles. The third-order valence-corrected chi connectivity index (χ3v) is 0.512. The zero-order chi connectivity index (χ0) is 4.12. The highest BCUT2D eigenvalue weighted by molar-refractivity contribution is 5.75. The van der Waals surface area contributed by atoms with Gasteiger partial charge in [0.25, 0.3) is 0 Å². The zero-order valence-corrected chi connectivity index (χ0v) is 4.79. The first-order valence-electron chi connectivity index (χ1n) is 2.02. The molecule has 0 unspecified atom stereocenters. The van der Waals surface area contributed by atoms with E-state index in [1.54, 1.807) is 0 Å². The predicted octanol–water partition coefficient (Wildman–Crippen LogP) is 0.0524. The van der Waals surface area contributed by atoms with Gasteiger partial charge in [0.15, 0.2) is 0 Å². The van der Waals surface area contributed by atoms with Crippen LogP contribution in [0.15, 0.2) is 0 Å². The van der Waals surface area contributed by atoms with Gasteiger partial charge >= 0.3 is 0 Å². The molecule has 0 amide bonds. The molecule has 0 heterocycles. The topological polar surface area (TPSA) is 20.2 Å². The standard InChI is InChI=1S/C4H10O.BH3.3FH/c1-2-3-4-5;;;;/h5H,2-4H2,1H3;1H3;3*1H. The van der Waals surface area contributed by atoms with Crippen LogP contribution in [0, 0.1) is 0 Å². The quantitative estimate of drug-likeness (QED) is 0.548. The highest BCUT2D eigenvalue weighted by Crippen LogP contribution is 1.78. The van der Waals surface area contributed by atoms with Crippen molar-refractivity contribution in [1.82, 2.24) is 0 Å². The van der Waals surface area contributed by atoms with Gasteiger partial charge in [-0.1, -0.05) is 13.3 Å². The molecule has 62 valence electrons. The van der Waals surface area contributed by atoms with Gasteiger partial charge in [-0.2, -0.15) is 0 Å². The highest BCUT2D eigenvalue weighted by atomic mass is 19.0. The Kier molecular flexibility index (Phi) is 188. The Bertz CT molecular complexity index is 23.3. The summed E-state index contributed by atoms with van der Waals surface area (Å²) in [7, 11) is 0. The Morgan fingerprint density at radius 1 is 1.11 bits per heavy atom. The maximum absolute atomic E-state index is 8.07. The molecule has 0 saturated carbocycles. The van der Waals surface area contributed by atoms with Gasteiger partial charge in [0.2, 0.25) is 0 Å². The molecular formula is C4H16BF3O. The van der Waals surface area contributed by atoms with Crippen LogP contribution in [-0.2, 0) is 0 Å². The molecule has 0 saturated heterocycles. The number of aliphatic hydroxyl groups excluding tert-OH is 1. The number of halogens is 3. The summed E-state index contributed by atoms with van der Waals surface area (Å²) in [4.78, 5) is 0. The van der Waals surface area contributed by atoms with Crippen molar-refractivity contribution in [3.63, 3.8) is 0 Å². The van der Waals surface area contributed by atoms with E-state index in [1.165, 1.54) is 0 Å². The monoisotopic (exact) mass is 148 g/mol. The van der Waals surface area contributed by atoms with E-state index in [0.717, 1.165) is 12.8 Å². The van der Waals surface area contributed by atoms with Gasteiger partial charge in [-0.05, 0) is 6.42 Å². The Balaban J connectivity index is -0.0000000133. The first-order chi connectivity index (χ1) is 2.41. The van der Waals surface area contributed by atoms with Crippen LogP contribution < -0.4 is 0 Å². The highest BCUT2D eigenvalue weighted by Gasteiger charge is 1.69. The fourth-order valence-electron chi connectivity index (χ4n) is 0.158. The fourth-order valence-corrected chi connectivity index (χ4v) is 0.158. The molecule has 9 heavy (non-hydrogen) atoms. The molecule has 0 aromatic rings. The van der Waals surface area contributed by atoms with Crippen molar-refractivity contribution >= 4 is 8.41 Å². The fraction of sp³-hybridized carbons (Fsp3) is 1.00. The van der Waals surface area contributed by atoms with Crippen molar-refractivity contribution in [2.24, 2.45) is 0 Å². The lowest BCUT2D eigenvalue weighted by Gasteiger charge is -1.79. The molecule has 0 aliphatic rings. The van der Waals surface area contributed by atoms with Crippen molar-refractivity contribution < 1.29 is 19.2 Å². The van der Waals surface area contributed by atoms with E-state index in [9.17, 15) is 0 Å². The van der Waals surface area contributed by atoms with E-state index < -0.39 is 0 Å². The Morgan fingerprint density at radius 3 is 1.44 bits per heavy atom. The predicted molar refractivity (Wildman–Crippen MR) is 39.4 cm³/mol. The Morgan fingerprint density at radius 2 is 1.44 bits per heavy atom. The molecule has 0 aliphatic carbocycles. The Labute approximate surface area is 55.1 Å². The second-order valence-corrected chi connectivity index (χ2v) is 1.08. The molecule has 1 N–H and O–H groups in total. The second kappa shape index (κ2) is 45.8. The van der Waals surface area contributed by atoms with Gasteiger partial charge in [-0.25, -0.2) is 0 Å². The van der Waals surface area contributed by atoms with E-state index in [-0.39, 0.29) is 22.5 Å². The van der Waals surface area contributed by atoms with Crippen LogP contribution in [0.3, 0.4) is 0 Å². The third-order valence-electron chi connectivity index (χ3n) is 0.512. The van der Waals surface area contributed by atoms with Crippen LogP contribution in [0.1, 0.15) is 19.8 Å². The van der Waals surface area contributed by atoms with Gasteiger partial charge in [-0.3, -0.25) is 14.1 Å². The van der Waals surface area contributed by atoms with Crippen molar-refractivity contribution in [3.8, 4) is 0 Å². The summed E-state index contributed by atoms with van der Waals surface area (Å²) < 4.78 is 0. The first-order valence-corrected chi connectivity index (χ1v) is 2.02. The molecule has 0 fully saturated rings. The lowest BCUT2D eigenvalue weighted by Crippen LogP contribution is -1.75. The molecule has 0 radical (unpaired) electrons. The van der Waals surface area contributed by atoms with Crippen LogP contribution in [0.5, 0.6) is 0 Å². The van der Waals surface area contributed by atoms with E-state index in [0.29, 0.717) is 6.61 Å². The van der Waals surface area contributed by atoms with Gasteiger partial charge in [-0.15, -0.1) is 0 Å². The van der Waals surface area contributed by atoms with Crippen LogP contribution in [0.2, 0.25) is 0 Å². The number of hydrogen-bond donors (Lipinski definition) is 1. The van der Waals surface area contributed by atoms with E-state index in [1.807, 2.05) is 0 Å². The summed E-state index contributed by atoms with van der Waals surface area (Å²) in [5.41, 5.74) is 0. The molecule has 0 rings (SSSR count). The van der Waals surface area contributed by atoms with E-state index >= 15 is 0 Å². The maximum Gasteiger partial charge on any atom is 0.0814 e. The largest absolute Gasteiger partial charge is 0.396 e. The molecule has 1 nitrogen and oxygen atoms in total. The summed E-state index contributed by atoms with van der Waals surface area (Å²) in [5, 5.41) is 8.07. The average molecular weight is 148 g/mol. The van der Waals surface area contributed by atoms with Crippen LogP contribution in [-0.4, -0.2) is 20.1 Å². The SMILES string of the molecule is B.CCCCO.F.F.F. The molecule has 0 spiro atoms. The van der Waals surface area contributed by atoms with E-state index in [4.69, 9.17) is 5.11 Å².